The van der Waals surface area contributed by atoms with Crippen LogP contribution in [0.2, 0.25) is 0 Å². The molecule has 1 aliphatic heterocycles. The van der Waals surface area contributed by atoms with Gasteiger partial charge in [-0.05, 0) is 25.5 Å². The normalized spacial score (nSPS) is 16.4. The lowest BCUT2D eigenvalue weighted by atomic mass is 10.1. The van der Waals surface area contributed by atoms with Crippen molar-refractivity contribution in [2.45, 2.75) is 13.8 Å². The fourth-order valence-corrected chi connectivity index (χ4v) is 2.34. The van der Waals surface area contributed by atoms with Gasteiger partial charge < -0.3 is 9.64 Å². The summed E-state index contributed by atoms with van der Waals surface area (Å²) in [6.07, 6.45) is 0.934. The van der Waals surface area contributed by atoms with Crippen molar-refractivity contribution >= 4 is 6.41 Å². The first kappa shape index (κ1) is 13.9. The van der Waals surface area contributed by atoms with Gasteiger partial charge in [-0.2, -0.15) is 0 Å². The van der Waals surface area contributed by atoms with Crippen molar-refractivity contribution in [3.8, 4) is 5.75 Å². The molecule has 0 aromatic heterocycles. The number of benzene rings is 1. The number of amides is 1. The van der Waals surface area contributed by atoms with E-state index in [0.29, 0.717) is 6.61 Å². The predicted octanol–water partition coefficient (Wildman–Crippen LogP) is 1.46. The average Bonchev–Trinajstić information content (AvgIpc) is 2.42. The van der Waals surface area contributed by atoms with E-state index in [2.05, 4.69) is 30.9 Å². The Balaban J connectivity index is 1.73. The van der Waals surface area contributed by atoms with Gasteiger partial charge in [-0.3, -0.25) is 9.69 Å². The van der Waals surface area contributed by atoms with E-state index in [1.165, 1.54) is 11.1 Å². The summed E-state index contributed by atoms with van der Waals surface area (Å²) in [5, 5.41) is 0. The predicted molar refractivity (Wildman–Crippen MR) is 75.5 cm³/mol. The van der Waals surface area contributed by atoms with Crippen LogP contribution in [-0.2, 0) is 4.79 Å². The molecule has 0 unspecified atom stereocenters. The number of ether oxygens (including phenoxy) is 1. The highest BCUT2D eigenvalue weighted by molar-refractivity contribution is 5.47. The summed E-state index contributed by atoms with van der Waals surface area (Å²) in [4.78, 5) is 14.8. The summed E-state index contributed by atoms with van der Waals surface area (Å²) in [6.45, 7) is 9.31. The van der Waals surface area contributed by atoms with E-state index < -0.39 is 0 Å². The Labute approximate surface area is 115 Å². The summed E-state index contributed by atoms with van der Waals surface area (Å²) in [6, 6.07) is 6.25. The number of hydrogen-bond acceptors (Lipinski definition) is 3. The lowest BCUT2D eigenvalue weighted by Gasteiger charge is -2.32. The number of nitrogens with zero attached hydrogens (tertiary/aromatic N) is 2. The topological polar surface area (TPSA) is 32.8 Å². The molecular weight excluding hydrogens is 240 g/mol. The molecule has 1 heterocycles. The molecule has 1 amide bonds. The van der Waals surface area contributed by atoms with Crippen LogP contribution < -0.4 is 4.74 Å². The maximum absolute atomic E-state index is 10.6. The zero-order valence-electron chi connectivity index (χ0n) is 11.8. The monoisotopic (exact) mass is 262 g/mol. The summed E-state index contributed by atoms with van der Waals surface area (Å²) < 4.78 is 5.82. The minimum atomic E-state index is 0.699. The molecule has 0 saturated carbocycles. The van der Waals surface area contributed by atoms with E-state index in [1.54, 1.807) is 0 Å². The molecule has 0 N–H and O–H groups in total. The van der Waals surface area contributed by atoms with Gasteiger partial charge in [0.1, 0.15) is 12.4 Å². The first-order chi connectivity index (χ1) is 9.19. The highest BCUT2D eigenvalue weighted by atomic mass is 16.5. The van der Waals surface area contributed by atoms with Gasteiger partial charge in [-0.15, -0.1) is 0 Å². The summed E-state index contributed by atoms with van der Waals surface area (Å²) in [5.74, 6) is 0.970. The summed E-state index contributed by atoms with van der Waals surface area (Å²) in [7, 11) is 0. The quantitative estimate of drug-likeness (QED) is 0.753. The SMILES string of the molecule is Cc1ccc(OCCN2CCN(C=O)CC2)c(C)c1. The fourth-order valence-electron chi connectivity index (χ4n) is 2.34. The smallest absolute Gasteiger partial charge is 0.209 e. The maximum Gasteiger partial charge on any atom is 0.209 e. The minimum absolute atomic E-state index is 0.699. The van der Waals surface area contributed by atoms with Crippen molar-refractivity contribution in [3.05, 3.63) is 29.3 Å². The molecular formula is C15H22N2O2. The van der Waals surface area contributed by atoms with Crippen LogP contribution in [0.3, 0.4) is 0 Å². The van der Waals surface area contributed by atoms with Gasteiger partial charge in [0.15, 0.2) is 0 Å². The van der Waals surface area contributed by atoms with E-state index in [9.17, 15) is 4.79 Å². The first-order valence-electron chi connectivity index (χ1n) is 6.81. The number of hydrogen-bond donors (Lipinski definition) is 0. The zero-order chi connectivity index (χ0) is 13.7. The molecule has 1 aromatic rings. The van der Waals surface area contributed by atoms with Crippen molar-refractivity contribution in [3.63, 3.8) is 0 Å². The van der Waals surface area contributed by atoms with E-state index in [-0.39, 0.29) is 0 Å². The van der Waals surface area contributed by atoms with Crippen molar-refractivity contribution in [1.29, 1.82) is 0 Å². The van der Waals surface area contributed by atoms with E-state index in [1.807, 2.05) is 11.0 Å². The third-order valence-electron chi connectivity index (χ3n) is 3.55. The Morgan fingerprint density at radius 1 is 1.21 bits per heavy atom. The second-order valence-corrected chi connectivity index (χ2v) is 5.10. The molecule has 0 atom stereocenters. The van der Waals surface area contributed by atoms with Crippen LogP contribution in [0.15, 0.2) is 18.2 Å². The third kappa shape index (κ3) is 3.96. The first-order valence-corrected chi connectivity index (χ1v) is 6.81. The number of piperazine rings is 1. The van der Waals surface area contributed by atoms with E-state index in [4.69, 9.17) is 4.74 Å². The van der Waals surface area contributed by atoms with Crippen LogP contribution in [0.25, 0.3) is 0 Å². The van der Waals surface area contributed by atoms with Crippen LogP contribution in [0.4, 0.5) is 0 Å². The molecule has 104 valence electrons. The molecule has 1 saturated heterocycles. The number of rotatable bonds is 5. The van der Waals surface area contributed by atoms with Gasteiger partial charge >= 0.3 is 0 Å². The lowest BCUT2D eigenvalue weighted by Crippen LogP contribution is -2.46. The van der Waals surface area contributed by atoms with Gasteiger partial charge in [0, 0.05) is 32.7 Å². The standard InChI is InChI=1S/C15H22N2O2/c1-13-3-4-15(14(2)11-13)19-10-9-16-5-7-17(12-18)8-6-16/h3-4,11-12H,5-10H2,1-2H3. The summed E-state index contributed by atoms with van der Waals surface area (Å²) >= 11 is 0. The molecule has 1 fully saturated rings. The molecule has 19 heavy (non-hydrogen) atoms. The molecule has 0 spiro atoms. The second-order valence-electron chi connectivity index (χ2n) is 5.10. The van der Waals surface area contributed by atoms with E-state index >= 15 is 0 Å². The van der Waals surface area contributed by atoms with Crippen LogP contribution >= 0.6 is 0 Å². The van der Waals surface area contributed by atoms with Crippen LogP contribution in [0.1, 0.15) is 11.1 Å². The number of carbonyl (C=O) groups is 1. The maximum atomic E-state index is 10.6. The zero-order valence-corrected chi connectivity index (χ0v) is 11.8. The van der Waals surface area contributed by atoms with Crippen LogP contribution in [0.5, 0.6) is 5.75 Å². The Kier molecular flexibility index (Phi) is 4.80. The van der Waals surface area contributed by atoms with Crippen molar-refractivity contribution < 1.29 is 9.53 Å². The van der Waals surface area contributed by atoms with Crippen molar-refractivity contribution in [2.75, 3.05) is 39.3 Å². The summed E-state index contributed by atoms with van der Waals surface area (Å²) in [5.41, 5.74) is 2.45. The highest BCUT2D eigenvalue weighted by Gasteiger charge is 2.14. The van der Waals surface area contributed by atoms with E-state index in [0.717, 1.165) is 44.9 Å². The largest absolute Gasteiger partial charge is 0.492 e. The van der Waals surface area contributed by atoms with Gasteiger partial charge in [-0.1, -0.05) is 17.7 Å². The molecule has 1 aliphatic rings. The Morgan fingerprint density at radius 2 is 1.95 bits per heavy atom. The van der Waals surface area contributed by atoms with Crippen molar-refractivity contribution in [1.82, 2.24) is 9.80 Å². The molecule has 4 heteroatoms. The molecule has 0 aliphatic carbocycles. The van der Waals surface area contributed by atoms with Crippen LogP contribution in [-0.4, -0.2) is 55.5 Å². The lowest BCUT2D eigenvalue weighted by molar-refractivity contribution is -0.119. The van der Waals surface area contributed by atoms with Gasteiger partial charge in [0.05, 0.1) is 0 Å². The number of carbonyl (C=O) groups excluding carboxylic acids is 1. The third-order valence-corrected chi connectivity index (χ3v) is 3.55. The molecule has 1 aromatic carbocycles. The Morgan fingerprint density at radius 3 is 2.58 bits per heavy atom. The molecule has 4 nitrogen and oxygen atoms in total. The van der Waals surface area contributed by atoms with Crippen molar-refractivity contribution in [2.24, 2.45) is 0 Å². The van der Waals surface area contributed by atoms with Gasteiger partial charge in [0.25, 0.3) is 0 Å². The molecule has 0 bridgehead atoms. The Hall–Kier alpha value is -1.55. The van der Waals surface area contributed by atoms with Crippen LogP contribution in [0, 0.1) is 13.8 Å². The highest BCUT2D eigenvalue weighted by Crippen LogP contribution is 2.18. The Bertz CT molecular complexity index is 426. The van der Waals surface area contributed by atoms with Gasteiger partial charge in [-0.25, -0.2) is 0 Å². The number of aryl methyl sites for hydroxylation is 2. The fraction of sp³-hybridized carbons (Fsp3) is 0.533. The molecule has 2 rings (SSSR count). The average molecular weight is 262 g/mol. The molecule has 0 radical (unpaired) electrons. The van der Waals surface area contributed by atoms with Gasteiger partial charge in [0.2, 0.25) is 6.41 Å². The second kappa shape index (κ2) is 6.57. The minimum Gasteiger partial charge on any atom is -0.492 e.